The number of nitrogens with one attached hydrogen (secondary N) is 2. The highest BCUT2D eigenvalue weighted by Crippen LogP contribution is 2.19. The molecule has 2 heterocycles. The lowest BCUT2D eigenvalue weighted by Gasteiger charge is -2.37. The van der Waals surface area contributed by atoms with Crippen LogP contribution in [0, 0.1) is 6.92 Å². The Balaban J connectivity index is 0.000000681. The zero-order valence-electron chi connectivity index (χ0n) is 27.9. The summed E-state index contributed by atoms with van der Waals surface area (Å²) in [5.74, 6) is -1.53. The molecule has 0 aliphatic carbocycles. The normalized spacial score (nSPS) is 13.5. The second-order valence-corrected chi connectivity index (χ2v) is 11.8. The first-order valence-electron chi connectivity index (χ1n) is 15.7. The number of benzene rings is 2. The minimum absolute atomic E-state index is 0.0747. The van der Waals surface area contributed by atoms with Crippen molar-refractivity contribution in [2.75, 3.05) is 59.9 Å². The number of rotatable bonds is 11. The number of phenols is 1. The Labute approximate surface area is 286 Å². The molecular formula is C36H44ClN5O6. The van der Waals surface area contributed by atoms with Crippen LogP contribution in [0.2, 0.25) is 5.02 Å². The van der Waals surface area contributed by atoms with E-state index in [-0.39, 0.29) is 40.8 Å². The number of allylic oxidation sites excluding steroid dienone is 2. The van der Waals surface area contributed by atoms with E-state index < -0.39 is 11.3 Å². The van der Waals surface area contributed by atoms with Gasteiger partial charge < -0.3 is 34.9 Å². The van der Waals surface area contributed by atoms with Gasteiger partial charge in [-0.15, -0.1) is 0 Å². The summed E-state index contributed by atoms with van der Waals surface area (Å²) in [6.07, 6.45) is 6.17. The van der Waals surface area contributed by atoms with Crippen LogP contribution in [-0.4, -0.2) is 97.4 Å². The molecule has 1 aromatic heterocycles. The lowest BCUT2D eigenvalue weighted by atomic mass is 10.1. The average molecular weight is 678 g/mol. The minimum atomic E-state index is -0.709. The Morgan fingerprint density at radius 2 is 1.69 bits per heavy atom. The maximum absolute atomic E-state index is 13.0. The zero-order valence-corrected chi connectivity index (χ0v) is 28.7. The van der Waals surface area contributed by atoms with Crippen molar-refractivity contribution < 1.29 is 23.9 Å². The first kappa shape index (κ1) is 37.6. The number of likely N-dealkylation sites (N-methyl/N-ethyl adjacent to an activating group) is 1. The Bertz CT molecular complexity index is 1690. The van der Waals surface area contributed by atoms with Gasteiger partial charge in [-0.05, 0) is 57.8 Å². The largest absolute Gasteiger partial charge is 0.508 e. The molecule has 12 heteroatoms. The number of hydrogen-bond acceptors (Lipinski definition) is 8. The summed E-state index contributed by atoms with van der Waals surface area (Å²) < 4.78 is 5.46. The molecular weight excluding hydrogens is 634 g/mol. The molecule has 0 atom stereocenters. The number of halogens is 1. The molecule has 0 saturated carbocycles. The third-order valence-corrected chi connectivity index (χ3v) is 7.65. The Morgan fingerprint density at radius 1 is 1.02 bits per heavy atom. The average Bonchev–Trinajstić information content (AvgIpc) is 3.06. The highest BCUT2D eigenvalue weighted by molar-refractivity contribution is 6.30. The number of carbonyl (C=O) groups excluding carboxylic acids is 3. The van der Waals surface area contributed by atoms with Gasteiger partial charge in [-0.1, -0.05) is 55.0 Å². The molecule has 3 N–H and O–H groups in total. The number of hydrogen-bond donors (Lipinski definition) is 3. The van der Waals surface area contributed by atoms with Crippen molar-refractivity contribution in [1.82, 2.24) is 25.3 Å². The Kier molecular flexibility index (Phi) is 14.5. The predicted molar refractivity (Wildman–Crippen MR) is 189 cm³/mol. The van der Waals surface area contributed by atoms with Gasteiger partial charge >= 0.3 is 0 Å². The van der Waals surface area contributed by atoms with Crippen molar-refractivity contribution in [3.8, 4) is 5.75 Å². The van der Waals surface area contributed by atoms with E-state index in [1.807, 2.05) is 74.2 Å². The molecule has 0 spiro atoms. The summed E-state index contributed by atoms with van der Waals surface area (Å²) in [4.78, 5) is 56.3. The van der Waals surface area contributed by atoms with Crippen molar-refractivity contribution in [2.24, 2.45) is 0 Å². The minimum Gasteiger partial charge on any atom is -0.508 e. The van der Waals surface area contributed by atoms with Crippen LogP contribution >= 0.6 is 11.6 Å². The molecule has 0 radical (unpaired) electrons. The molecule has 2 aromatic carbocycles. The quantitative estimate of drug-likeness (QED) is 0.204. The highest BCUT2D eigenvalue weighted by Gasteiger charge is 2.25. The van der Waals surface area contributed by atoms with E-state index in [1.54, 1.807) is 11.0 Å². The van der Waals surface area contributed by atoms with Crippen molar-refractivity contribution in [1.29, 1.82) is 0 Å². The van der Waals surface area contributed by atoms with Gasteiger partial charge in [0, 0.05) is 62.1 Å². The van der Waals surface area contributed by atoms with Gasteiger partial charge in [-0.3, -0.25) is 19.2 Å². The Hall–Kier alpha value is -4.87. The number of aryl methyl sites for hydroxylation is 1. The molecule has 0 bridgehead atoms. The van der Waals surface area contributed by atoms with E-state index in [9.17, 15) is 24.3 Å². The SMILES string of the molecule is C=C/C(=C(\C=C/CC)C(=O)NCCN(C)C)N1CCN(C(=O)CNC(=O)c2cc(=O)c3ccc(O)cc3o2)CC1.Cc1ccc(Cl)cc1. The van der Waals surface area contributed by atoms with Crippen LogP contribution < -0.4 is 16.1 Å². The fourth-order valence-electron chi connectivity index (χ4n) is 4.75. The molecule has 1 saturated heterocycles. The predicted octanol–water partition coefficient (Wildman–Crippen LogP) is 4.11. The number of piperazine rings is 1. The molecule has 4 rings (SSSR count). The highest BCUT2D eigenvalue weighted by atomic mass is 35.5. The van der Waals surface area contributed by atoms with Crippen LogP contribution in [0.5, 0.6) is 5.75 Å². The molecule has 11 nitrogen and oxygen atoms in total. The van der Waals surface area contributed by atoms with Crippen molar-refractivity contribution in [2.45, 2.75) is 20.3 Å². The lowest BCUT2D eigenvalue weighted by molar-refractivity contribution is -0.131. The van der Waals surface area contributed by atoms with E-state index in [2.05, 4.69) is 17.2 Å². The summed E-state index contributed by atoms with van der Waals surface area (Å²) in [5, 5.41) is 16.1. The van der Waals surface area contributed by atoms with Crippen LogP contribution in [0.1, 0.15) is 29.5 Å². The van der Waals surface area contributed by atoms with Crippen LogP contribution in [0.25, 0.3) is 11.0 Å². The van der Waals surface area contributed by atoms with E-state index in [4.69, 9.17) is 16.0 Å². The molecule has 48 heavy (non-hydrogen) atoms. The second kappa shape index (κ2) is 18.5. The molecule has 3 amide bonds. The van der Waals surface area contributed by atoms with Crippen molar-refractivity contribution in [3.63, 3.8) is 0 Å². The van der Waals surface area contributed by atoms with Gasteiger partial charge in [0.25, 0.3) is 11.8 Å². The number of nitrogens with zero attached hydrogens (tertiary/aromatic N) is 3. The molecule has 1 aliphatic rings. The number of fused-ring (bicyclic) bond motifs is 1. The second-order valence-electron chi connectivity index (χ2n) is 11.4. The standard InChI is InChI=1S/C29H37N5O6.C7H7Cl/c1-5-7-8-21(28(38)30-11-12-32(3)4)23(6-2)33-13-15-34(16-14-33)27(37)19-31-29(39)26-18-24(36)22-10-9-20(35)17-25(22)40-26;1-6-2-4-7(8)5-3-6/h6-10,17-18,35H,2,5,11-16,19H2,1,3-4H3,(H,30,38)(H,31,39);2-5H,1H3/b8-7-,23-21-;. The molecule has 1 aliphatic heterocycles. The van der Waals surface area contributed by atoms with E-state index >= 15 is 0 Å². The first-order valence-corrected chi connectivity index (χ1v) is 16.1. The summed E-state index contributed by atoms with van der Waals surface area (Å²) >= 11 is 5.61. The summed E-state index contributed by atoms with van der Waals surface area (Å²) in [7, 11) is 3.88. The monoisotopic (exact) mass is 677 g/mol. The third kappa shape index (κ3) is 11.1. The number of aromatic hydroxyl groups is 1. The van der Waals surface area contributed by atoms with Gasteiger partial charge in [-0.25, -0.2) is 0 Å². The smallest absolute Gasteiger partial charge is 0.287 e. The molecule has 1 fully saturated rings. The third-order valence-electron chi connectivity index (χ3n) is 7.40. The van der Waals surface area contributed by atoms with E-state index in [1.165, 1.54) is 23.8 Å². The van der Waals surface area contributed by atoms with Gasteiger partial charge in [0.05, 0.1) is 17.5 Å². The van der Waals surface area contributed by atoms with Crippen LogP contribution in [0.4, 0.5) is 0 Å². The summed E-state index contributed by atoms with van der Waals surface area (Å²) in [6.45, 7) is 10.7. The van der Waals surface area contributed by atoms with Crippen LogP contribution in [0.15, 0.2) is 93.8 Å². The Morgan fingerprint density at radius 3 is 2.29 bits per heavy atom. The fourth-order valence-corrected chi connectivity index (χ4v) is 4.88. The number of phenolic OH excluding ortho intramolecular Hbond substituents is 1. The van der Waals surface area contributed by atoms with Crippen molar-refractivity contribution >= 4 is 40.3 Å². The first-order chi connectivity index (χ1) is 22.9. The molecule has 3 aromatic rings. The number of carbonyl (C=O) groups is 3. The van der Waals surface area contributed by atoms with E-state index in [0.29, 0.717) is 50.5 Å². The zero-order chi connectivity index (χ0) is 35.2. The maximum atomic E-state index is 13.0. The number of amides is 3. The van der Waals surface area contributed by atoms with Crippen LogP contribution in [-0.2, 0) is 9.59 Å². The van der Waals surface area contributed by atoms with E-state index in [0.717, 1.165) is 17.5 Å². The fraction of sp³-hybridized carbons (Fsp3) is 0.333. The maximum Gasteiger partial charge on any atom is 0.287 e. The molecule has 256 valence electrons. The van der Waals surface area contributed by atoms with Gasteiger partial charge in [0.15, 0.2) is 11.2 Å². The van der Waals surface area contributed by atoms with Gasteiger partial charge in [-0.2, -0.15) is 0 Å². The summed E-state index contributed by atoms with van der Waals surface area (Å²) in [6, 6.07) is 12.8. The topological polar surface area (TPSA) is 135 Å². The van der Waals surface area contributed by atoms with Crippen LogP contribution in [0.3, 0.4) is 0 Å². The van der Waals surface area contributed by atoms with Gasteiger partial charge in [0.1, 0.15) is 11.3 Å². The summed E-state index contributed by atoms with van der Waals surface area (Å²) in [5.41, 5.74) is 2.11. The van der Waals surface area contributed by atoms with Gasteiger partial charge in [0.2, 0.25) is 5.91 Å². The molecule has 0 unspecified atom stereocenters. The van der Waals surface area contributed by atoms with Crippen molar-refractivity contribution in [3.05, 3.63) is 111 Å². The lowest BCUT2D eigenvalue weighted by Crippen LogP contribution is -2.51.